The largest absolute Gasteiger partial charge is 0.381 e. The summed E-state index contributed by atoms with van der Waals surface area (Å²) in [6.07, 6.45) is 1.93. The number of piperidine rings is 1. The number of carbonyl (C=O) groups is 1. The third-order valence-electron chi connectivity index (χ3n) is 6.10. The van der Waals surface area contributed by atoms with Gasteiger partial charge in [0, 0.05) is 37.4 Å². The van der Waals surface area contributed by atoms with Crippen molar-refractivity contribution < 1.29 is 4.79 Å². The molecular weight excluding hydrogens is 467 g/mol. The summed E-state index contributed by atoms with van der Waals surface area (Å²) in [6.45, 7) is 2.67. The highest BCUT2D eigenvalue weighted by molar-refractivity contribution is 5.95. The van der Waals surface area contributed by atoms with Crippen LogP contribution in [0.4, 0.5) is 5.69 Å². The molecule has 5 nitrogen and oxygen atoms in total. The van der Waals surface area contributed by atoms with Crippen LogP contribution < -0.4 is 11.1 Å². The fourth-order valence-electron chi connectivity index (χ4n) is 4.29. The Labute approximate surface area is 213 Å². The summed E-state index contributed by atoms with van der Waals surface area (Å²) in [7, 11) is 0. The van der Waals surface area contributed by atoms with Crippen molar-refractivity contribution in [1.82, 2.24) is 4.90 Å². The number of likely N-dealkylation sites (tertiary alicyclic amines) is 1. The Morgan fingerprint density at radius 2 is 1.68 bits per heavy atom. The molecule has 0 atom stereocenters. The van der Waals surface area contributed by atoms with E-state index < -0.39 is 0 Å². The Bertz CT molecular complexity index is 1140. The summed E-state index contributed by atoms with van der Waals surface area (Å²) < 4.78 is 0. The molecule has 1 saturated heterocycles. The number of halogens is 2. The second-order valence-corrected chi connectivity index (χ2v) is 8.26. The van der Waals surface area contributed by atoms with Gasteiger partial charge in [0.05, 0.1) is 11.6 Å². The summed E-state index contributed by atoms with van der Waals surface area (Å²) in [5.74, 6) is 0.553. The molecule has 3 N–H and O–H groups in total. The van der Waals surface area contributed by atoms with Crippen molar-refractivity contribution >= 4 is 36.4 Å². The molecule has 1 fully saturated rings. The van der Waals surface area contributed by atoms with E-state index in [-0.39, 0.29) is 30.7 Å². The van der Waals surface area contributed by atoms with Gasteiger partial charge in [-0.15, -0.1) is 24.8 Å². The van der Waals surface area contributed by atoms with Crippen LogP contribution in [0.2, 0.25) is 0 Å². The van der Waals surface area contributed by atoms with Gasteiger partial charge in [-0.1, -0.05) is 42.5 Å². The van der Waals surface area contributed by atoms with Gasteiger partial charge < -0.3 is 16.0 Å². The van der Waals surface area contributed by atoms with E-state index in [2.05, 4.69) is 35.7 Å². The minimum atomic E-state index is 0. The lowest BCUT2D eigenvalue weighted by Crippen LogP contribution is -2.37. The molecule has 0 aliphatic carbocycles. The van der Waals surface area contributed by atoms with Gasteiger partial charge in [-0.25, -0.2) is 0 Å². The quantitative estimate of drug-likeness (QED) is 0.472. The molecule has 0 saturated carbocycles. The monoisotopic (exact) mass is 496 g/mol. The molecule has 0 unspecified atom stereocenters. The highest BCUT2D eigenvalue weighted by Gasteiger charge is 2.24. The van der Waals surface area contributed by atoms with E-state index in [9.17, 15) is 4.79 Å². The molecule has 3 aromatic rings. The van der Waals surface area contributed by atoms with E-state index in [1.54, 1.807) is 6.07 Å². The first-order chi connectivity index (χ1) is 15.7. The topological polar surface area (TPSA) is 82.2 Å². The Morgan fingerprint density at radius 3 is 2.41 bits per heavy atom. The number of hydrogen-bond acceptors (Lipinski definition) is 4. The number of hydrogen-bond donors (Lipinski definition) is 2. The number of benzene rings is 3. The summed E-state index contributed by atoms with van der Waals surface area (Å²) in [4.78, 5) is 15.1. The van der Waals surface area contributed by atoms with Gasteiger partial charge in [0.25, 0.3) is 5.91 Å². The average Bonchev–Trinajstić information content (AvgIpc) is 2.87. The standard InChI is InChI=1S/C27H28N4O.2ClH/c28-17-20-4-1-6-22(14-20)19-30-26-9-3-8-25(16-26)27(32)31-12-10-23(11-13-31)24-7-2-5-21(15-24)18-29;;/h1-9,14-16,23,30H,10-13,18-19,29H2;2*1H. The first kappa shape index (κ1) is 27.2. The van der Waals surface area contributed by atoms with Crippen molar-refractivity contribution in [2.45, 2.75) is 31.8 Å². The summed E-state index contributed by atoms with van der Waals surface area (Å²) in [5, 5.41) is 12.4. The van der Waals surface area contributed by atoms with Crippen LogP contribution in [-0.4, -0.2) is 23.9 Å². The summed E-state index contributed by atoms with van der Waals surface area (Å²) >= 11 is 0. The maximum Gasteiger partial charge on any atom is 0.253 e. The SMILES string of the molecule is Cl.Cl.N#Cc1cccc(CNc2cccc(C(=O)N3CCC(c4cccc(CN)c4)CC3)c2)c1. The molecule has 178 valence electrons. The normalized spacial score (nSPS) is 13.2. The molecule has 0 bridgehead atoms. The second-order valence-electron chi connectivity index (χ2n) is 8.26. The smallest absolute Gasteiger partial charge is 0.253 e. The molecule has 4 rings (SSSR count). The third kappa shape index (κ3) is 6.74. The van der Waals surface area contributed by atoms with E-state index in [4.69, 9.17) is 11.0 Å². The van der Waals surface area contributed by atoms with Gasteiger partial charge in [0.15, 0.2) is 0 Å². The van der Waals surface area contributed by atoms with Crippen molar-refractivity contribution in [2.75, 3.05) is 18.4 Å². The molecule has 34 heavy (non-hydrogen) atoms. The molecule has 0 radical (unpaired) electrons. The van der Waals surface area contributed by atoms with Crippen LogP contribution in [0, 0.1) is 11.3 Å². The van der Waals surface area contributed by atoms with Gasteiger partial charge in [0.1, 0.15) is 0 Å². The zero-order chi connectivity index (χ0) is 22.3. The van der Waals surface area contributed by atoms with Gasteiger partial charge in [-0.05, 0) is 65.8 Å². The van der Waals surface area contributed by atoms with Crippen LogP contribution in [-0.2, 0) is 13.1 Å². The highest BCUT2D eigenvalue weighted by Crippen LogP contribution is 2.29. The molecule has 1 aliphatic heterocycles. The second kappa shape index (κ2) is 13.0. The van der Waals surface area contributed by atoms with E-state index in [1.165, 1.54) is 5.56 Å². The molecule has 7 heteroatoms. The van der Waals surface area contributed by atoms with Gasteiger partial charge in [-0.3, -0.25) is 4.79 Å². The number of amides is 1. The number of nitriles is 1. The van der Waals surface area contributed by atoms with Crippen molar-refractivity contribution in [3.63, 3.8) is 0 Å². The lowest BCUT2D eigenvalue weighted by atomic mass is 9.88. The predicted octanol–water partition coefficient (Wildman–Crippen LogP) is 5.49. The Kier molecular flexibility index (Phi) is 10.4. The minimum absolute atomic E-state index is 0. The number of nitrogens with two attached hydrogens (primary N) is 1. The Morgan fingerprint density at radius 1 is 0.971 bits per heavy atom. The van der Waals surface area contributed by atoms with Crippen LogP contribution >= 0.6 is 24.8 Å². The molecule has 0 aromatic heterocycles. The Balaban J connectivity index is 0.00000204. The molecule has 1 amide bonds. The maximum atomic E-state index is 13.1. The molecule has 1 heterocycles. The summed E-state index contributed by atoms with van der Waals surface area (Å²) in [5.41, 5.74) is 11.5. The van der Waals surface area contributed by atoms with Crippen molar-refractivity contribution in [1.29, 1.82) is 5.26 Å². The number of nitrogens with one attached hydrogen (secondary N) is 1. The van der Waals surface area contributed by atoms with E-state index in [0.717, 1.165) is 42.7 Å². The van der Waals surface area contributed by atoms with Gasteiger partial charge in [-0.2, -0.15) is 5.26 Å². The lowest BCUT2D eigenvalue weighted by Gasteiger charge is -2.32. The van der Waals surface area contributed by atoms with Crippen molar-refractivity contribution in [2.24, 2.45) is 5.73 Å². The van der Waals surface area contributed by atoms with E-state index in [0.29, 0.717) is 30.1 Å². The predicted molar refractivity (Wildman–Crippen MR) is 142 cm³/mol. The van der Waals surface area contributed by atoms with Crippen LogP contribution in [0.3, 0.4) is 0 Å². The van der Waals surface area contributed by atoms with Crippen LogP contribution in [0.1, 0.15) is 51.4 Å². The van der Waals surface area contributed by atoms with Crippen LogP contribution in [0.5, 0.6) is 0 Å². The number of carbonyl (C=O) groups excluding carboxylic acids is 1. The first-order valence-corrected chi connectivity index (χ1v) is 11.1. The fourth-order valence-corrected chi connectivity index (χ4v) is 4.29. The first-order valence-electron chi connectivity index (χ1n) is 11.1. The number of nitrogens with zero attached hydrogens (tertiary/aromatic N) is 2. The van der Waals surface area contributed by atoms with E-state index >= 15 is 0 Å². The number of anilines is 1. The van der Waals surface area contributed by atoms with Crippen LogP contribution in [0.25, 0.3) is 0 Å². The fraction of sp³-hybridized carbons (Fsp3) is 0.259. The zero-order valence-corrected chi connectivity index (χ0v) is 20.6. The van der Waals surface area contributed by atoms with Gasteiger partial charge >= 0.3 is 0 Å². The molecule has 3 aromatic carbocycles. The highest BCUT2D eigenvalue weighted by atomic mass is 35.5. The average molecular weight is 497 g/mol. The van der Waals surface area contributed by atoms with Crippen LogP contribution in [0.15, 0.2) is 72.8 Å². The third-order valence-corrected chi connectivity index (χ3v) is 6.10. The Hall–Kier alpha value is -3.04. The van der Waals surface area contributed by atoms with Crippen molar-refractivity contribution in [3.05, 3.63) is 101 Å². The molecule has 1 aliphatic rings. The lowest BCUT2D eigenvalue weighted by molar-refractivity contribution is 0.0713. The van der Waals surface area contributed by atoms with E-state index in [1.807, 2.05) is 47.4 Å². The number of rotatable bonds is 6. The maximum absolute atomic E-state index is 13.1. The van der Waals surface area contributed by atoms with Gasteiger partial charge in [0.2, 0.25) is 0 Å². The summed E-state index contributed by atoms with van der Waals surface area (Å²) in [6, 6.07) is 25.8. The van der Waals surface area contributed by atoms with Crippen molar-refractivity contribution in [3.8, 4) is 6.07 Å². The molecular formula is C27H30Cl2N4O. The zero-order valence-electron chi connectivity index (χ0n) is 18.9. The minimum Gasteiger partial charge on any atom is -0.381 e. The molecule has 0 spiro atoms.